The van der Waals surface area contributed by atoms with Gasteiger partial charge in [0.05, 0.1) is 5.92 Å². The lowest BCUT2D eigenvalue weighted by Crippen LogP contribution is -2.35. The van der Waals surface area contributed by atoms with Gasteiger partial charge in [0.15, 0.2) is 0 Å². The highest BCUT2D eigenvalue weighted by Gasteiger charge is 2.37. The minimum atomic E-state index is -0.177. The molecule has 2 amide bonds. The Hall–Kier alpha value is -1.36. The summed E-state index contributed by atoms with van der Waals surface area (Å²) < 4.78 is 0.984. The number of nitrogens with zero attached hydrogens (tertiary/aromatic N) is 2. The number of anilines is 1. The van der Waals surface area contributed by atoms with Crippen LogP contribution in [0.3, 0.4) is 0 Å². The van der Waals surface area contributed by atoms with Crippen LogP contribution in [0, 0.1) is 5.92 Å². The molecule has 2 fully saturated rings. The molecule has 0 saturated carbocycles. The quantitative estimate of drug-likeness (QED) is 0.832. The fourth-order valence-electron chi connectivity index (χ4n) is 2.94. The van der Waals surface area contributed by atoms with Crippen molar-refractivity contribution in [1.29, 1.82) is 0 Å². The molecule has 5 heteroatoms. The van der Waals surface area contributed by atoms with Gasteiger partial charge in [-0.05, 0) is 37.1 Å². The summed E-state index contributed by atoms with van der Waals surface area (Å²) in [4.78, 5) is 28.1. The Bertz CT molecular complexity index is 523. The van der Waals surface area contributed by atoms with Crippen molar-refractivity contribution in [2.45, 2.75) is 19.3 Å². The highest BCUT2D eigenvalue weighted by molar-refractivity contribution is 9.10. The third-order valence-electron chi connectivity index (χ3n) is 4.03. The first-order valence-corrected chi connectivity index (χ1v) is 7.79. The molecule has 4 nitrogen and oxygen atoms in total. The number of halogens is 1. The molecule has 0 unspecified atom stereocenters. The molecular formula is C15H17BrN2O2. The van der Waals surface area contributed by atoms with Crippen LogP contribution in [0.25, 0.3) is 0 Å². The molecule has 1 aromatic carbocycles. The van der Waals surface area contributed by atoms with E-state index in [1.165, 1.54) is 0 Å². The molecule has 1 atom stereocenters. The van der Waals surface area contributed by atoms with Gasteiger partial charge in [-0.15, -0.1) is 0 Å². The van der Waals surface area contributed by atoms with Gasteiger partial charge in [-0.25, -0.2) is 0 Å². The Morgan fingerprint density at radius 2 is 1.80 bits per heavy atom. The molecule has 0 aromatic heterocycles. The van der Waals surface area contributed by atoms with Crippen LogP contribution in [0.4, 0.5) is 5.69 Å². The number of rotatable bonds is 2. The second-order valence-electron chi connectivity index (χ2n) is 5.41. The Kier molecular flexibility index (Phi) is 3.78. The van der Waals surface area contributed by atoms with Crippen molar-refractivity contribution in [2.75, 3.05) is 24.5 Å². The summed E-state index contributed by atoms with van der Waals surface area (Å²) in [6.07, 6.45) is 2.51. The van der Waals surface area contributed by atoms with E-state index in [0.717, 1.165) is 36.1 Å². The van der Waals surface area contributed by atoms with Crippen molar-refractivity contribution in [1.82, 2.24) is 4.90 Å². The maximum atomic E-state index is 12.4. The van der Waals surface area contributed by atoms with Crippen molar-refractivity contribution in [2.24, 2.45) is 5.92 Å². The standard InChI is InChI=1S/C15H17BrN2O2/c16-12-3-5-13(6-4-12)18-10-11(9-14(18)19)15(20)17-7-1-2-8-17/h3-6,11H,1-2,7-10H2/t11-/m0/s1. The highest BCUT2D eigenvalue weighted by atomic mass is 79.9. The summed E-state index contributed by atoms with van der Waals surface area (Å²) in [6.45, 7) is 2.21. The topological polar surface area (TPSA) is 40.6 Å². The normalized spacial score (nSPS) is 22.6. The van der Waals surface area contributed by atoms with E-state index in [-0.39, 0.29) is 17.7 Å². The summed E-state index contributed by atoms with van der Waals surface area (Å²) in [7, 11) is 0. The first kappa shape index (κ1) is 13.6. The third-order valence-corrected chi connectivity index (χ3v) is 4.56. The zero-order chi connectivity index (χ0) is 14.1. The summed E-state index contributed by atoms with van der Waals surface area (Å²) in [5, 5.41) is 0. The Morgan fingerprint density at radius 3 is 2.45 bits per heavy atom. The summed E-state index contributed by atoms with van der Waals surface area (Å²) in [5.74, 6) is 0.0181. The SMILES string of the molecule is O=C([C@H]1CC(=O)N(c2ccc(Br)cc2)C1)N1CCCC1. The van der Waals surface area contributed by atoms with E-state index in [4.69, 9.17) is 0 Å². The van der Waals surface area contributed by atoms with E-state index in [2.05, 4.69) is 15.9 Å². The molecule has 0 bridgehead atoms. The largest absolute Gasteiger partial charge is 0.342 e. The molecule has 3 rings (SSSR count). The van der Waals surface area contributed by atoms with Crippen LogP contribution in [0.15, 0.2) is 28.7 Å². The molecule has 20 heavy (non-hydrogen) atoms. The van der Waals surface area contributed by atoms with Gasteiger partial charge in [0.25, 0.3) is 0 Å². The van der Waals surface area contributed by atoms with E-state index in [1.807, 2.05) is 29.2 Å². The van der Waals surface area contributed by atoms with Crippen LogP contribution in [-0.2, 0) is 9.59 Å². The van der Waals surface area contributed by atoms with Gasteiger partial charge in [-0.3, -0.25) is 9.59 Å². The van der Waals surface area contributed by atoms with Crippen molar-refractivity contribution in [3.63, 3.8) is 0 Å². The first-order valence-electron chi connectivity index (χ1n) is 7.00. The second kappa shape index (κ2) is 5.56. The molecule has 2 heterocycles. The minimum Gasteiger partial charge on any atom is -0.342 e. The number of amides is 2. The predicted molar refractivity (Wildman–Crippen MR) is 80.4 cm³/mol. The molecule has 2 aliphatic heterocycles. The number of carbonyl (C=O) groups is 2. The molecule has 0 aliphatic carbocycles. The average molecular weight is 337 g/mol. The van der Waals surface area contributed by atoms with E-state index < -0.39 is 0 Å². The Labute approximate surface area is 126 Å². The Balaban J connectivity index is 1.71. The van der Waals surface area contributed by atoms with E-state index in [9.17, 15) is 9.59 Å². The maximum Gasteiger partial charge on any atom is 0.228 e. The summed E-state index contributed by atoms with van der Waals surface area (Å²) in [5.41, 5.74) is 0.870. The molecule has 0 spiro atoms. The monoisotopic (exact) mass is 336 g/mol. The van der Waals surface area contributed by atoms with Gasteiger partial charge in [0, 0.05) is 36.2 Å². The fraction of sp³-hybridized carbons (Fsp3) is 0.467. The number of benzene rings is 1. The number of likely N-dealkylation sites (tertiary alicyclic amines) is 1. The fourth-order valence-corrected chi connectivity index (χ4v) is 3.20. The van der Waals surface area contributed by atoms with E-state index >= 15 is 0 Å². The van der Waals surface area contributed by atoms with Crippen LogP contribution < -0.4 is 4.90 Å². The molecular weight excluding hydrogens is 320 g/mol. The average Bonchev–Trinajstić information content (AvgIpc) is 3.08. The lowest BCUT2D eigenvalue weighted by atomic mass is 10.1. The first-order chi connectivity index (χ1) is 9.65. The van der Waals surface area contributed by atoms with Crippen molar-refractivity contribution >= 4 is 33.4 Å². The predicted octanol–water partition coefficient (Wildman–Crippen LogP) is 2.42. The van der Waals surface area contributed by atoms with Crippen LogP contribution >= 0.6 is 15.9 Å². The molecule has 0 radical (unpaired) electrons. The lowest BCUT2D eigenvalue weighted by Gasteiger charge is -2.20. The van der Waals surface area contributed by atoms with E-state index in [1.54, 1.807) is 4.90 Å². The summed E-state index contributed by atoms with van der Waals surface area (Å²) >= 11 is 3.38. The zero-order valence-corrected chi connectivity index (χ0v) is 12.8. The molecule has 2 aliphatic rings. The van der Waals surface area contributed by atoms with Gasteiger partial charge in [0.2, 0.25) is 11.8 Å². The van der Waals surface area contributed by atoms with Crippen molar-refractivity contribution in [3.8, 4) is 0 Å². The third kappa shape index (κ3) is 2.59. The van der Waals surface area contributed by atoms with Crippen molar-refractivity contribution in [3.05, 3.63) is 28.7 Å². The molecule has 106 valence electrons. The van der Waals surface area contributed by atoms with Gasteiger partial charge >= 0.3 is 0 Å². The van der Waals surface area contributed by atoms with E-state index in [0.29, 0.717) is 13.0 Å². The van der Waals surface area contributed by atoms with Crippen molar-refractivity contribution < 1.29 is 9.59 Å². The maximum absolute atomic E-state index is 12.4. The number of hydrogen-bond acceptors (Lipinski definition) is 2. The molecule has 1 aromatic rings. The lowest BCUT2D eigenvalue weighted by molar-refractivity contribution is -0.134. The van der Waals surface area contributed by atoms with Crippen LogP contribution in [0.5, 0.6) is 0 Å². The van der Waals surface area contributed by atoms with Crippen LogP contribution in [-0.4, -0.2) is 36.3 Å². The van der Waals surface area contributed by atoms with Gasteiger partial charge in [-0.1, -0.05) is 15.9 Å². The smallest absolute Gasteiger partial charge is 0.228 e. The second-order valence-corrected chi connectivity index (χ2v) is 6.33. The summed E-state index contributed by atoms with van der Waals surface area (Å²) in [6, 6.07) is 7.64. The Morgan fingerprint density at radius 1 is 1.15 bits per heavy atom. The zero-order valence-electron chi connectivity index (χ0n) is 11.2. The van der Waals surface area contributed by atoms with Gasteiger partial charge < -0.3 is 9.80 Å². The number of carbonyl (C=O) groups excluding carboxylic acids is 2. The van der Waals surface area contributed by atoms with Gasteiger partial charge in [0.1, 0.15) is 0 Å². The molecule has 0 N–H and O–H groups in total. The van der Waals surface area contributed by atoms with Gasteiger partial charge in [-0.2, -0.15) is 0 Å². The van der Waals surface area contributed by atoms with Crippen LogP contribution in [0.2, 0.25) is 0 Å². The minimum absolute atomic E-state index is 0.0462. The molecule has 2 saturated heterocycles. The highest BCUT2D eigenvalue weighted by Crippen LogP contribution is 2.28. The van der Waals surface area contributed by atoms with Crippen LogP contribution in [0.1, 0.15) is 19.3 Å². The number of hydrogen-bond donors (Lipinski definition) is 0.